The van der Waals surface area contributed by atoms with Crippen LogP contribution in [0, 0.1) is 0 Å². The molecule has 1 heterocycles. The third-order valence-corrected chi connectivity index (χ3v) is 2.26. The maximum absolute atomic E-state index is 11.2. The predicted octanol–water partition coefficient (Wildman–Crippen LogP) is 0.453. The Morgan fingerprint density at radius 3 is 2.62 bits per heavy atom. The van der Waals surface area contributed by atoms with Crippen molar-refractivity contribution in [3.63, 3.8) is 0 Å². The number of carbonyl (C=O) groups is 2. The fourth-order valence-corrected chi connectivity index (χ4v) is 1.25. The first-order valence-corrected chi connectivity index (χ1v) is 5.15. The van der Waals surface area contributed by atoms with Crippen molar-refractivity contribution in [1.29, 1.82) is 0 Å². The molecule has 6 nitrogen and oxygen atoms in total. The van der Waals surface area contributed by atoms with Crippen LogP contribution in [0.1, 0.15) is 19.8 Å². The number of aliphatic carboxylic acids is 1. The van der Waals surface area contributed by atoms with E-state index >= 15 is 0 Å². The predicted molar refractivity (Wildman–Crippen MR) is 56.9 cm³/mol. The van der Waals surface area contributed by atoms with Gasteiger partial charge in [-0.1, -0.05) is 0 Å². The third kappa shape index (κ3) is 4.31. The SMILES string of the molecule is CC(NC(=O)NC=C1CCOCC1)C(=O)O. The number of urea groups is 1. The molecule has 1 unspecified atom stereocenters. The largest absolute Gasteiger partial charge is 0.480 e. The maximum atomic E-state index is 11.2. The summed E-state index contributed by atoms with van der Waals surface area (Å²) >= 11 is 0. The van der Waals surface area contributed by atoms with Gasteiger partial charge in [-0.3, -0.25) is 4.79 Å². The molecule has 0 aromatic carbocycles. The zero-order valence-corrected chi connectivity index (χ0v) is 9.16. The van der Waals surface area contributed by atoms with Gasteiger partial charge in [0.2, 0.25) is 0 Å². The van der Waals surface area contributed by atoms with Gasteiger partial charge in [-0.15, -0.1) is 0 Å². The van der Waals surface area contributed by atoms with Crippen molar-refractivity contribution in [2.75, 3.05) is 13.2 Å². The highest BCUT2D eigenvalue weighted by Gasteiger charge is 2.13. The fraction of sp³-hybridized carbons (Fsp3) is 0.600. The van der Waals surface area contributed by atoms with Crippen molar-refractivity contribution in [2.24, 2.45) is 0 Å². The van der Waals surface area contributed by atoms with Crippen LogP contribution in [-0.2, 0) is 9.53 Å². The topological polar surface area (TPSA) is 87.7 Å². The van der Waals surface area contributed by atoms with Crippen LogP contribution in [0.4, 0.5) is 4.79 Å². The molecule has 0 bridgehead atoms. The Bertz CT molecular complexity index is 293. The van der Waals surface area contributed by atoms with Crippen molar-refractivity contribution in [2.45, 2.75) is 25.8 Å². The number of rotatable bonds is 3. The summed E-state index contributed by atoms with van der Waals surface area (Å²) in [6.45, 7) is 2.74. The molecule has 0 aliphatic carbocycles. The number of nitrogens with one attached hydrogen (secondary N) is 2. The molecule has 2 amide bonds. The molecule has 0 saturated carbocycles. The van der Waals surface area contributed by atoms with Gasteiger partial charge in [0, 0.05) is 6.20 Å². The van der Waals surface area contributed by atoms with Gasteiger partial charge in [0.1, 0.15) is 6.04 Å². The number of hydrogen-bond acceptors (Lipinski definition) is 3. The van der Waals surface area contributed by atoms with Gasteiger partial charge in [-0.05, 0) is 25.3 Å². The number of hydrogen-bond donors (Lipinski definition) is 3. The summed E-state index contributed by atoms with van der Waals surface area (Å²) in [5.41, 5.74) is 1.10. The summed E-state index contributed by atoms with van der Waals surface area (Å²) in [6.07, 6.45) is 3.22. The third-order valence-electron chi connectivity index (χ3n) is 2.26. The van der Waals surface area contributed by atoms with Gasteiger partial charge in [0.25, 0.3) is 0 Å². The van der Waals surface area contributed by atoms with E-state index < -0.39 is 18.0 Å². The van der Waals surface area contributed by atoms with E-state index in [1.807, 2.05) is 0 Å². The zero-order valence-electron chi connectivity index (χ0n) is 9.16. The Hall–Kier alpha value is -1.56. The first-order chi connectivity index (χ1) is 7.59. The summed E-state index contributed by atoms with van der Waals surface area (Å²) < 4.78 is 5.16. The molecule has 90 valence electrons. The lowest BCUT2D eigenvalue weighted by atomic mass is 10.1. The van der Waals surface area contributed by atoms with E-state index in [4.69, 9.17) is 9.84 Å². The second kappa shape index (κ2) is 6.12. The molecule has 0 aromatic rings. The van der Waals surface area contributed by atoms with E-state index in [0.717, 1.165) is 18.4 Å². The molecule has 0 spiro atoms. The first kappa shape index (κ1) is 12.5. The number of carboxylic acid groups (broad SMARTS) is 1. The summed E-state index contributed by atoms with van der Waals surface area (Å²) in [4.78, 5) is 21.7. The molecule has 16 heavy (non-hydrogen) atoms. The van der Waals surface area contributed by atoms with Crippen LogP contribution >= 0.6 is 0 Å². The quantitative estimate of drug-likeness (QED) is 0.654. The molecule has 0 aromatic heterocycles. The lowest BCUT2D eigenvalue weighted by Crippen LogP contribution is -2.42. The number of amides is 2. The van der Waals surface area contributed by atoms with E-state index in [1.54, 1.807) is 6.20 Å². The highest BCUT2D eigenvalue weighted by molar-refractivity contribution is 5.82. The van der Waals surface area contributed by atoms with Crippen molar-refractivity contribution < 1.29 is 19.4 Å². The van der Waals surface area contributed by atoms with Crippen LogP contribution in [-0.4, -0.2) is 36.4 Å². The van der Waals surface area contributed by atoms with Crippen molar-refractivity contribution >= 4 is 12.0 Å². The molecule has 3 N–H and O–H groups in total. The van der Waals surface area contributed by atoms with Gasteiger partial charge in [0.05, 0.1) is 13.2 Å². The molecular weight excluding hydrogens is 212 g/mol. The number of carboxylic acids is 1. The molecule has 6 heteroatoms. The Kier molecular flexibility index (Phi) is 4.78. The smallest absolute Gasteiger partial charge is 0.325 e. The average Bonchev–Trinajstić information content (AvgIpc) is 2.27. The summed E-state index contributed by atoms with van der Waals surface area (Å²) in [7, 11) is 0. The van der Waals surface area contributed by atoms with Crippen LogP contribution in [0.2, 0.25) is 0 Å². The van der Waals surface area contributed by atoms with Crippen LogP contribution in [0.25, 0.3) is 0 Å². The zero-order chi connectivity index (χ0) is 12.0. The minimum atomic E-state index is -1.06. The first-order valence-electron chi connectivity index (χ1n) is 5.15. The maximum Gasteiger partial charge on any atom is 0.325 e. The van der Waals surface area contributed by atoms with Crippen LogP contribution < -0.4 is 10.6 Å². The van der Waals surface area contributed by atoms with E-state index in [2.05, 4.69) is 10.6 Å². The van der Waals surface area contributed by atoms with Gasteiger partial charge in [-0.2, -0.15) is 0 Å². The van der Waals surface area contributed by atoms with Gasteiger partial charge in [0.15, 0.2) is 0 Å². The molecule has 1 rings (SSSR count). The second-order valence-electron chi connectivity index (χ2n) is 3.59. The molecule has 0 radical (unpaired) electrons. The van der Waals surface area contributed by atoms with E-state index in [1.165, 1.54) is 6.92 Å². The summed E-state index contributed by atoms with van der Waals surface area (Å²) in [6, 6.07) is -1.40. The Morgan fingerprint density at radius 1 is 1.44 bits per heavy atom. The van der Waals surface area contributed by atoms with Crippen LogP contribution in [0.5, 0.6) is 0 Å². The fourth-order valence-electron chi connectivity index (χ4n) is 1.25. The highest BCUT2D eigenvalue weighted by atomic mass is 16.5. The van der Waals surface area contributed by atoms with Gasteiger partial charge in [-0.25, -0.2) is 4.79 Å². The Labute approximate surface area is 93.7 Å². The molecular formula is C10H16N2O4. The number of ether oxygens (including phenoxy) is 1. The molecule has 1 aliphatic heterocycles. The minimum absolute atomic E-state index is 0.506. The molecule has 1 atom stereocenters. The number of carbonyl (C=O) groups excluding carboxylic acids is 1. The average molecular weight is 228 g/mol. The van der Waals surface area contributed by atoms with Crippen molar-refractivity contribution in [3.8, 4) is 0 Å². The van der Waals surface area contributed by atoms with E-state index in [0.29, 0.717) is 13.2 Å². The molecule has 1 fully saturated rings. The minimum Gasteiger partial charge on any atom is -0.480 e. The monoisotopic (exact) mass is 228 g/mol. The Balaban J connectivity index is 2.31. The summed E-state index contributed by atoms with van der Waals surface area (Å²) in [5, 5.41) is 13.4. The van der Waals surface area contributed by atoms with E-state index in [9.17, 15) is 9.59 Å². The lowest BCUT2D eigenvalue weighted by molar-refractivity contribution is -0.138. The summed E-state index contributed by atoms with van der Waals surface area (Å²) in [5.74, 6) is -1.06. The lowest BCUT2D eigenvalue weighted by Gasteiger charge is -2.15. The van der Waals surface area contributed by atoms with Crippen LogP contribution in [0.3, 0.4) is 0 Å². The molecule has 1 saturated heterocycles. The van der Waals surface area contributed by atoms with Gasteiger partial charge < -0.3 is 20.5 Å². The normalized spacial score (nSPS) is 17.4. The highest BCUT2D eigenvalue weighted by Crippen LogP contribution is 2.11. The van der Waals surface area contributed by atoms with Gasteiger partial charge >= 0.3 is 12.0 Å². The van der Waals surface area contributed by atoms with E-state index in [-0.39, 0.29) is 0 Å². The molecule has 1 aliphatic rings. The van der Waals surface area contributed by atoms with Crippen molar-refractivity contribution in [1.82, 2.24) is 10.6 Å². The second-order valence-corrected chi connectivity index (χ2v) is 3.59. The van der Waals surface area contributed by atoms with Crippen molar-refractivity contribution in [3.05, 3.63) is 11.8 Å². The standard InChI is InChI=1S/C10H16N2O4/c1-7(9(13)14)12-10(15)11-6-8-2-4-16-5-3-8/h6-7H,2-5H2,1H3,(H,13,14)(H2,11,12,15). The van der Waals surface area contributed by atoms with Crippen LogP contribution in [0.15, 0.2) is 11.8 Å². The Morgan fingerprint density at radius 2 is 2.06 bits per heavy atom.